The number of hydrogen-bond donors (Lipinski definition) is 2. The maximum atomic E-state index is 11.8. The van der Waals surface area contributed by atoms with Gasteiger partial charge in [0.1, 0.15) is 6.04 Å². The molecule has 0 aliphatic heterocycles. The Hall–Kier alpha value is -2.30. The molecule has 1 aromatic carbocycles. The number of aromatic amines is 1. The van der Waals surface area contributed by atoms with Crippen molar-refractivity contribution in [3.63, 3.8) is 0 Å². The van der Waals surface area contributed by atoms with Crippen LogP contribution in [0.15, 0.2) is 30.5 Å². The second-order valence-corrected chi connectivity index (χ2v) is 4.16. The van der Waals surface area contributed by atoms with E-state index in [0.29, 0.717) is 5.56 Å². The van der Waals surface area contributed by atoms with Gasteiger partial charge in [-0.15, -0.1) is 0 Å². The van der Waals surface area contributed by atoms with Crippen LogP contribution in [0.1, 0.15) is 13.9 Å². The van der Waals surface area contributed by atoms with E-state index >= 15 is 0 Å². The molecule has 1 amide bonds. The van der Waals surface area contributed by atoms with Crippen molar-refractivity contribution in [1.82, 2.24) is 10.3 Å². The summed E-state index contributed by atoms with van der Waals surface area (Å²) in [6.07, 6.45) is 0.739. The van der Waals surface area contributed by atoms with E-state index in [1.807, 2.05) is 24.3 Å². The fourth-order valence-electron chi connectivity index (χ4n) is 1.93. The molecule has 100 valence electrons. The van der Waals surface area contributed by atoms with Crippen LogP contribution in [0.3, 0.4) is 0 Å². The fourth-order valence-corrected chi connectivity index (χ4v) is 1.93. The summed E-state index contributed by atoms with van der Waals surface area (Å²) in [5, 5.41) is 3.32. The largest absolute Gasteiger partial charge is 0.467 e. The lowest BCUT2D eigenvalue weighted by molar-refractivity contribution is -0.144. The number of rotatable bonds is 4. The van der Waals surface area contributed by atoms with Crippen LogP contribution < -0.4 is 5.32 Å². The van der Waals surface area contributed by atoms with Crippen molar-refractivity contribution in [2.24, 2.45) is 0 Å². The average molecular weight is 261 g/mol. The van der Waals surface area contributed by atoms with E-state index in [1.54, 1.807) is 6.20 Å². The van der Waals surface area contributed by atoms with Crippen LogP contribution in [0.4, 0.5) is 0 Å². The SMILES string of the molecule is [2H][C@@H](c1c[nH]c2ccccc12)[C@H](NC(C)=O)C(=O)OC. The van der Waals surface area contributed by atoms with Gasteiger partial charge in [0.25, 0.3) is 0 Å². The number of amides is 1. The van der Waals surface area contributed by atoms with Gasteiger partial charge >= 0.3 is 5.97 Å². The number of hydrogen-bond acceptors (Lipinski definition) is 3. The lowest BCUT2D eigenvalue weighted by atomic mass is 10.1. The highest BCUT2D eigenvalue weighted by molar-refractivity contribution is 5.86. The molecule has 0 fully saturated rings. The van der Waals surface area contributed by atoms with Crippen molar-refractivity contribution in [1.29, 1.82) is 0 Å². The average Bonchev–Trinajstić information content (AvgIpc) is 2.87. The Morgan fingerprint density at radius 1 is 1.47 bits per heavy atom. The van der Waals surface area contributed by atoms with Crippen LogP contribution in [-0.2, 0) is 20.7 Å². The summed E-state index contributed by atoms with van der Waals surface area (Å²) in [6.45, 7) is 1.30. The summed E-state index contributed by atoms with van der Waals surface area (Å²) >= 11 is 0. The summed E-state index contributed by atoms with van der Waals surface area (Å²) in [5.74, 6) is -1.01. The highest BCUT2D eigenvalue weighted by Gasteiger charge is 2.21. The molecule has 1 heterocycles. The van der Waals surface area contributed by atoms with Crippen LogP contribution in [0.5, 0.6) is 0 Å². The molecule has 0 radical (unpaired) electrons. The van der Waals surface area contributed by atoms with Crippen molar-refractivity contribution in [2.75, 3.05) is 7.11 Å². The first kappa shape index (κ1) is 11.8. The normalized spacial score (nSPS) is 14.5. The van der Waals surface area contributed by atoms with E-state index in [1.165, 1.54) is 14.0 Å². The number of carbonyl (C=O) groups is 2. The van der Waals surface area contributed by atoms with Gasteiger partial charge in [0.2, 0.25) is 5.91 Å². The van der Waals surface area contributed by atoms with Gasteiger partial charge in [0, 0.05) is 31.8 Å². The van der Waals surface area contributed by atoms with E-state index < -0.39 is 18.4 Å². The topological polar surface area (TPSA) is 71.2 Å². The van der Waals surface area contributed by atoms with E-state index in [9.17, 15) is 9.59 Å². The third kappa shape index (κ3) is 2.93. The number of carbonyl (C=O) groups excluding carboxylic acids is 2. The molecular formula is C14H16N2O3. The van der Waals surface area contributed by atoms with Crippen molar-refractivity contribution in [2.45, 2.75) is 19.4 Å². The van der Waals surface area contributed by atoms with E-state index in [-0.39, 0.29) is 5.91 Å². The zero-order valence-corrected chi connectivity index (χ0v) is 10.8. The standard InChI is InChI=1S/C14H16N2O3/c1-9(17)16-13(14(18)19-2)7-10-8-15-12-6-4-3-5-11(10)12/h3-6,8,13,15H,7H2,1-2H3,(H,16,17)/t13-/m0/s1/i7D/t7-,13-. The Bertz CT molecular complexity index is 638. The van der Waals surface area contributed by atoms with Crippen molar-refractivity contribution in [3.8, 4) is 0 Å². The molecule has 2 aromatic rings. The molecule has 0 unspecified atom stereocenters. The van der Waals surface area contributed by atoms with Crippen LogP contribution in [-0.4, -0.2) is 30.0 Å². The predicted molar refractivity (Wildman–Crippen MR) is 71.6 cm³/mol. The highest BCUT2D eigenvalue weighted by Crippen LogP contribution is 2.19. The molecule has 0 saturated heterocycles. The monoisotopic (exact) mass is 261 g/mol. The lowest BCUT2D eigenvalue weighted by Gasteiger charge is -2.14. The van der Waals surface area contributed by atoms with Gasteiger partial charge in [0.15, 0.2) is 0 Å². The first-order chi connectivity index (χ1) is 9.54. The Morgan fingerprint density at radius 2 is 2.21 bits per heavy atom. The minimum atomic E-state index is -1.03. The molecule has 0 aliphatic carbocycles. The minimum Gasteiger partial charge on any atom is -0.467 e. The number of benzene rings is 1. The maximum absolute atomic E-state index is 11.8. The fraction of sp³-hybridized carbons (Fsp3) is 0.286. The second kappa shape index (κ2) is 5.56. The van der Waals surface area contributed by atoms with Gasteiger partial charge in [-0.1, -0.05) is 18.2 Å². The number of aromatic nitrogens is 1. The summed E-state index contributed by atoms with van der Waals surface area (Å²) in [4.78, 5) is 26.0. The highest BCUT2D eigenvalue weighted by atomic mass is 16.5. The summed E-state index contributed by atoms with van der Waals surface area (Å²) in [6, 6.07) is 6.46. The molecule has 2 N–H and O–H groups in total. The molecule has 2 rings (SSSR count). The van der Waals surface area contributed by atoms with E-state index in [0.717, 1.165) is 10.9 Å². The van der Waals surface area contributed by atoms with Gasteiger partial charge in [-0.2, -0.15) is 0 Å². The molecule has 0 spiro atoms. The maximum Gasteiger partial charge on any atom is 0.328 e. The molecule has 5 nitrogen and oxygen atoms in total. The zero-order chi connectivity index (χ0) is 14.7. The Balaban J connectivity index is 2.38. The van der Waals surface area contributed by atoms with Gasteiger partial charge in [-0.05, 0) is 11.6 Å². The number of para-hydroxylation sites is 1. The van der Waals surface area contributed by atoms with Gasteiger partial charge in [-0.25, -0.2) is 4.79 Å². The van der Waals surface area contributed by atoms with Gasteiger partial charge in [-0.3, -0.25) is 4.79 Å². The summed E-state index contributed by atoms with van der Waals surface area (Å²) < 4.78 is 12.9. The van der Waals surface area contributed by atoms with Crippen LogP contribution in [0.25, 0.3) is 10.9 Å². The molecule has 19 heavy (non-hydrogen) atoms. The van der Waals surface area contributed by atoms with Crippen molar-refractivity contribution in [3.05, 3.63) is 36.0 Å². The molecule has 0 aliphatic rings. The number of H-pyrrole nitrogens is 1. The van der Waals surface area contributed by atoms with Crippen LogP contribution >= 0.6 is 0 Å². The lowest BCUT2D eigenvalue weighted by Crippen LogP contribution is -2.41. The molecule has 0 bridgehead atoms. The van der Waals surface area contributed by atoms with Gasteiger partial charge in [0.05, 0.1) is 7.11 Å². The summed E-state index contributed by atoms with van der Waals surface area (Å²) in [7, 11) is 1.24. The third-order valence-corrected chi connectivity index (χ3v) is 2.78. The Labute approximate surface area is 112 Å². The van der Waals surface area contributed by atoms with E-state index in [2.05, 4.69) is 15.0 Å². The Morgan fingerprint density at radius 3 is 2.89 bits per heavy atom. The van der Waals surface area contributed by atoms with Crippen molar-refractivity contribution >= 4 is 22.8 Å². The van der Waals surface area contributed by atoms with Crippen LogP contribution in [0, 0.1) is 0 Å². The van der Waals surface area contributed by atoms with Gasteiger partial charge < -0.3 is 15.0 Å². The first-order valence-corrected chi connectivity index (χ1v) is 5.87. The number of esters is 1. The van der Waals surface area contributed by atoms with Crippen LogP contribution in [0.2, 0.25) is 0 Å². The third-order valence-electron chi connectivity index (χ3n) is 2.78. The quantitative estimate of drug-likeness (QED) is 0.817. The second-order valence-electron chi connectivity index (χ2n) is 4.16. The zero-order valence-electron chi connectivity index (χ0n) is 11.8. The van der Waals surface area contributed by atoms with E-state index in [4.69, 9.17) is 1.37 Å². The minimum absolute atomic E-state index is 0.377. The predicted octanol–water partition coefficient (Wildman–Crippen LogP) is 1.39. The number of ether oxygens (including phenoxy) is 1. The smallest absolute Gasteiger partial charge is 0.328 e. The molecule has 5 heteroatoms. The Kier molecular flexibility index (Phi) is 3.45. The number of fused-ring (bicyclic) bond motifs is 1. The molecule has 2 atom stereocenters. The molecular weight excluding hydrogens is 244 g/mol. The van der Waals surface area contributed by atoms with Crippen molar-refractivity contribution < 1.29 is 15.7 Å². The summed E-state index contributed by atoms with van der Waals surface area (Å²) in [5.41, 5.74) is 1.52. The number of nitrogens with one attached hydrogen (secondary N) is 2. The first-order valence-electron chi connectivity index (χ1n) is 6.45. The molecule has 1 aromatic heterocycles. The number of methoxy groups -OCH3 is 1. The molecule has 0 saturated carbocycles.